The minimum absolute atomic E-state index is 0.916. The second kappa shape index (κ2) is 4.02. The van der Waals surface area contributed by atoms with Crippen LogP contribution in [0.2, 0.25) is 0 Å². The van der Waals surface area contributed by atoms with Gasteiger partial charge in [-0.1, -0.05) is 26.7 Å². The Morgan fingerprint density at radius 2 is 1.46 bits per heavy atom. The predicted molar refractivity (Wildman–Crippen MR) is 57.6 cm³/mol. The molecule has 0 N–H and O–H groups in total. The first-order chi connectivity index (χ1) is 6.27. The van der Waals surface area contributed by atoms with Crippen molar-refractivity contribution in [3.8, 4) is 0 Å². The fraction of sp³-hybridized carbons (Fsp3) is 1.00. The van der Waals surface area contributed by atoms with E-state index in [0.29, 0.717) is 0 Å². The van der Waals surface area contributed by atoms with Crippen molar-refractivity contribution in [3.05, 3.63) is 0 Å². The Morgan fingerprint density at radius 1 is 0.923 bits per heavy atom. The van der Waals surface area contributed by atoms with Crippen LogP contribution < -0.4 is 0 Å². The molecule has 0 heteroatoms. The van der Waals surface area contributed by atoms with Crippen molar-refractivity contribution in [1.82, 2.24) is 0 Å². The molecule has 2 fully saturated rings. The van der Waals surface area contributed by atoms with E-state index in [0.717, 1.165) is 11.8 Å². The van der Waals surface area contributed by atoms with Crippen LogP contribution in [-0.2, 0) is 0 Å². The van der Waals surface area contributed by atoms with Crippen LogP contribution in [0, 0.1) is 23.7 Å². The summed E-state index contributed by atoms with van der Waals surface area (Å²) in [6, 6.07) is 0. The van der Waals surface area contributed by atoms with Crippen LogP contribution in [-0.4, -0.2) is 0 Å². The Balaban J connectivity index is 1.64. The van der Waals surface area contributed by atoms with Crippen LogP contribution in [0.4, 0.5) is 0 Å². The van der Waals surface area contributed by atoms with Gasteiger partial charge >= 0.3 is 0 Å². The molecular weight excluding hydrogens is 156 g/mol. The molecule has 0 unspecified atom stereocenters. The maximum absolute atomic E-state index is 2.35. The van der Waals surface area contributed by atoms with E-state index in [-0.39, 0.29) is 0 Å². The van der Waals surface area contributed by atoms with Gasteiger partial charge in [-0.25, -0.2) is 0 Å². The van der Waals surface area contributed by atoms with E-state index < -0.39 is 0 Å². The zero-order valence-electron chi connectivity index (χ0n) is 9.26. The van der Waals surface area contributed by atoms with Gasteiger partial charge in [0.15, 0.2) is 0 Å². The molecule has 0 aromatic heterocycles. The first-order valence-electron chi connectivity index (χ1n) is 6.27. The molecule has 0 spiro atoms. The zero-order chi connectivity index (χ0) is 9.26. The van der Waals surface area contributed by atoms with E-state index in [4.69, 9.17) is 0 Å². The molecule has 0 aliphatic heterocycles. The standard InChI is InChI=1S/C13H24/c1-10(2)4-3-5-13(11-6-7-11)12-8-9-12/h10-13H,3-9H2,1-2H3. The van der Waals surface area contributed by atoms with Gasteiger partial charge in [0.05, 0.1) is 0 Å². The van der Waals surface area contributed by atoms with E-state index in [2.05, 4.69) is 13.8 Å². The van der Waals surface area contributed by atoms with Crippen molar-refractivity contribution in [1.29, 1.82) is 0 Å². The number of hydrogen-bond donors (Lipinski definition) is 0. The molecule has 2 aliphatic carbocycles. The smallest absolute Gasteiger partial charge is 0.0357 e. The first kappa shape index (κ1) is 9.55. The highest BCUT2D eigenvalue weighted by molar-refractivity contribution is 4.91. The van der Waals surface area contributed by atoms with Gasteiger partial charge in [-0.05, 0) is 55.8 Å². The Morgan fingerprint density at radius 3 is 1.85 bits per heavy atom. The molecule has 76 valence electrons. The van der Waals surface area contributed by atoms with Gasteiger partial charge in [-0.15, -0.1) is 0 Å². The summed E-state index contributed by atoms with van der Waals surface area (Å²) in [6.45, 7) is 4.70. The van der Waals surface area contributed by atoms with E-state index in [1.54, 1.807) is 32.1 Å². The molecule has 0 nitrogen and oxygen atoms in total. The molecule has 2 rings (SSSR count). The summed E-state index contributed by atoms with van der Waals surface area (Å²) in [6.07, 6.45) is 10.7. The van der Waals surface area contributed by atoms with Gasteiger partial charge in [-0.2, -0.15) is 0 Å². The van der Waals surface area contributed by atoms with Gasteiger partial charge in [0.1, 0.15) is 0 Å². The average Bonchev–Trinajstić information content (AvgIpc) is 2.89. The summed E-state index contributed by atoms with van der Waals surface area (Å²) < 4.78 is 0. The highest BCUT2D eigenvalue weighted by atomic mass is 14.5. The molecule has 0 radical (unpaired) electrons. The maximum atomic E-state index is 2.35. The molecule has 0 heterocycles. The summed E-state index contributed by atoms with van der Waals surface area (Å²) in [5.74, 6) is 4.40. The molecule has 0 aromatic carbocycles. The van der Waals surface area contributed by atoms with Gasteiger partial charge < -0.3 is 0 Å². The molecule has 2 saturated carbocycles. The lowest BCUT2D eigenvalue weighted by Crippen LogP contribution is -2.06. The maximum Gasteiger partial charge on any atom is -0.0357 e. The summed E-state index contributed by atoms with van der Waals surface area (Å²) in [4.78, 5) is 0. The van der Waals surface area contributed by atoms with Crippen molar-refractivity contribution in [2.45, 2.75) is 58.8 Å². The molecule has 13 heavy (non-hydrogen) atoms. The molecule has 0 amide bonds. The molecular formula is C13H24. The minimum atomic E-state index is 0.916. The second-order valence-electron chi connectivity index (χ2n) is 5.66. The number of hydrogen-bond acceptors (Lipinski definition) is 0. The van der Waals surface area contributed by atoms with Crippen LogP contribution in [0.5, 0.6) is 0 Å². The van der Waals surface area contributed by atoms with Crippen LogP contribution >= 0.6 is 0 Å². The quantitative estimate of drug-likeness (QED) is 0.573. The largest absolute Gasteiger partial charge is 0.0628 e. The normalized spacial score (nSPS) is 23.1. The lowest BCUT2D eigenvalue weighted by atomic mass is 9.90. The predicted octanol–water partition coefficient (Wildman–Crippen LogP) is 4.25. The van der Waals surface area contributed by atoms with Crippen LogP contribution in [0.15, 0.2) is 0 Å². The monoisotopic (exact) mass is 180 g/mol. The highest BCUT2D eigenvalue weighted by Gasteiger charge is 2.40. The summed E-state index contributed by atoms with van der Waals surface area (Å²) in [5.41, 5.74) is 0. The Labute approximate surface area is 83.1 Å². The third-order valence-corrected chi connectivity index (χ3v) is 3.77. The summed E-state index contributed by atoms with van der Waals surface area (Å²) in [5, 5.41) is 0. The molecule has 2 aliphatic rings. The fourth-order valence-corrected chi connectivity index (χ4v) is 2.67. The lowest BCUT2D eigenvalue weighted by molar-refractivity contribution is 0.351. The van der Waals surface area contributed by atoms with E-state index >= 15 is 0 Å². The third-order valence-electron chi connectivity index (χ3n) is 3.77. The van der Waals surface area contributed by atoms with Crippen molar-refractivity contribution >= 4 is 0 Å². The topological polar surface area (TPSA) is 0 Å². The molecule has 0 saturated heterocycles. The van der Waals surface area contributed by atoms with E-state index in [9.17, 15) is 0 Å². The number of rotatable bonds is 6. The Bertz CT molecular complexity index is 139. The Kier molecular flexibility index (Phi) is 2.96. The van der Waals surface area contributed by atoms with Crippen molar-refractivity contribution < 1.29 is 0 Å². The van der Waals surface area contributed by atoms with E-state index in [1.807, 2.05) is 0 Å². The van der Waals surface area contributed by atoms with Crippen molar-refractivity contribution in [2.75, 3.05) is 0 Å². The van der Waals surface area contributed by atoms with Crippen LogP contribution in [0.25, 0.3) is 0 Å². The minimum Gasteiger partial charge on any atom is -0.0628 e. The third kappa shape index (κ3) is 3.00. The van der Waals surface area contributed by atoms with Gasteiger partial charge in [0.25, 0.3) is 0 Å². The van der Waals surface area contributed by atoms with Gasteiger partial charge in [-0.3, -0.25) is 0 Å². The van der Waals surface area contributed by atoms with Crippen LogP contribution in [0.3, 0.4) is 0 Å². The second-order valence-corrected chi connectivity index (χ2v) is 5.66. The highest BCUT2D eigenvalue weighted by Crippen LogP contribution is 2.51. The Hall–Kier alpha value is 0. The van der Waals surface area contributed by atoms with Crippen LogP contribution in [0.1, 0.15) is 58.8 Å². The summed E-state index contributed by atoms with van der Waals surface area (Å²) >= 11 is 0. The zero-order valence-corrected chi connectivity index (χ0v) is 9.26. The fourth-order valence-electron chi connectivity index (χ4n) is 2.67. The van der Waals surface area contributed by atoms with Gasteiger partial charge in [0, 0.05) is 0 Å². The SMILES string of the molecule is CC(C)CCCC(C1CC1)C1CC1. The van der Waals surface area contributed by atoms with E-state index in [1.165, 1.54) is 24.7 Å². The van der Waals surface area contributed by atoms with Crippen molar-refractivity contribution in [3.63, 3.8) is 0 Å². The average molecular weight is 180 g/mol. The molecule has 0 atom stereocenters. The first-order valence-corrected chi connectivity index (χ1v) is 6.27. The van der Waals surface area contributed by atoms with Gasteiger partial charge in [0.2, 0.25) is 0 Å². The van der Waals surface area contributed by atoms with Crippen molar-refractivity contribution in [2.24, 2.45) is 23.7 Å². The lowest BCUT2D eigenvalue weighted by Gasteiger charge is -2.15. The molecule has 0 bridgehead atoms. The molecule has 0 aromatic rings. The summed E-state index contributed by atoms with van der Waals surface area (Å²) in [7, 11) is 0.